The number of rotatable bonds is 5. The molecule has 150 valence electrons. The van der Waals surface area contributed by atoms with E-state index < -0.39 is 0 Å². The molecule has 0 aliphatic carbocycles. The zero-order valence-corrected chi connectivity index (χ0v) is 16.7. The summed E-state index contributed by atoms with van der Waals surface area (Å²) in [7, 11) is 1.58. The van der Waals surface area contributed by atoms with Crippen molar-refractivity contribution in [3.05, 3.63) is 53.6 Å². The number of hydrogen-bond donors (Lipinski definition) is 2. The molecule has 8 heteroatoms. The number of phenolic OH excluding ortho intramolecular Hbond substituents is 1. The van der Waals surface area contributed by atoms with E-state index in [4.69, 9.17) is 26.1 Å². The van der Waals surface area contributed by atoms with Gasteiger partial charge in [0.25, 0.3) is 0 Å². The lowest BCUT2D eigenvalue weighted by molar-refractivity contribution is 0.122. The van der Waals surface area contributed by atoms with Crippen molar-refractivity contribution in [1.29, 1.82) is 0 Å². The van der Waals surface area contributed by atoms with Gasteiger partial charge in [0.2, 0.25) is 5.95 Å². The Morgan fingerprint density at radius 2 is 1.93 bits per heavy atom. The van der Waals surface area contributed by atoms with Gasteiger partial charge < -0.3 is 24.8 Å². The van der Waals surface area contributed by atoms with Gasteiger partial charge in [0.1, 0.15) is 17.3 Å². The van der Waals surface area contributed by atoms with Gasteiger partial charge in [-0.25, -0.2) is 4.98 Å². The maximum atomic E-state index is 9.86. The van der Waals surface area contributed by atoms with Gasteiger partial charge in [-0.05, 0) is 30.3 Å². The summed E-state index contributed by atoms with van der Waals surface area (Å²) in [6.45, 7) is 2.71. The number of morpholine rings is 1. The molecule has 2 heterocycles. The van der Waals surface area contributed by atoms with Gasteiger partial charge in [-0.3, -0.25) is 0 Å². The highest BCUT2D eigenvalue weighted by Gasteiger charge is 2.17. The molecule has 7 nitrogen and oxygen atoms in total. The number of anilines is 3. The number of ether oxygens (including phenoxy) is 2. The van der Waals surface area contributed by atoms with Crippen molar-refractivity contribution in [2.24, 2.45) is 0 Å². The zero-order chi connectivity index (χ0) is 20.2. The van der Waals surface area contributed by atoms with Crippen LogP contribution in [0.1, 0.15) is 0 Å². The Morgan fingerprint density at radius 3 is 2.66 bits per heavy atom. The van der Waals surface area contributed by atoms with E-state index in [0.717, 1.165) is 24.3 Å². The fraction of sp³-hybridized carbons (Fsp3) is 0.238. The maximum absolute atomic E-state index is 9.86. The van der Waals surface area contributed by atoms with E-state index >= 15 is 0 Å². The average Bonchev–Trinajstić information content (AvgIpc) is 2.74. The second-order valence-electron chi connectivity index (χ2n) is 6.56. The summed E-state index contributed by atoms with van der Waals surface area (Å²) in [5.74, 6) is 2.03. The van der Waals surface area contributed by atoms with Crippen LogP contribution < -0.4 is 15.0 Å². The van der Waals surface area contributed by atoms with Crippen LogP contribution in [0.2, 0.25) is 5.02 Å². The van der Waals surface area contributed by atoms with Crippen LogP contribution in [0.15, 0.2) is 48.5 Å². The Balaban J connectivity index is 1.71. The fourth-order valence-corrected chi connectivity index (χ4v) is 3.37. The molecule has 0 bridgehead atoms. The average molecular weight is 413 g/mol. The van der Waals surface area contributed by atoms with Gasteiger partial charge in [0.05, 0.1) is 31.0 Å². The van der Waals surface area contributed by atoms with Crippen LogP contribution in [-0.2, 0) is 4.74 Å². The summed E-state index contributed by atoms with van der Waals surface area (Å²) < 4.78 is 10.6. The van der Waals surface area contributed by atoms with Gasteiger partial charge in [-0.2, -0.15) is 4.98 Å². The third kappa shape index (κ3) is 4.52. The van der Waals surface area contributed by atoms with E-state index in [9.17, 15) is 5.11 Å². The summed E-state index contributed by atoms with van der Waals surface area (Å²) >= 11 is 6.25. The lowest BCUT2D eigenvalue weighted by atomic mass is 10.1. The van der Waals surface area contributed by atoms with Crippen molar-refractivity contribution in [1.82, 2.24) is 9.97 Å². The third-order valence-electron chi connectivity index (χ3n) is 4.57. The summed E-state index contributed by atoms with van der Waals surface area (Å²) in [5, 5.41) is 13.7. The SMILES string of the molecule is COc1ccc(Nc2cc(-c3cccc(O)c3)nc(N3CCOCC3)n2)cc1Cl. The first-order chi connectivity index (χ1) is 14.1. The highest BCUT2D eigenvalue weighted by atomic mass is 35.5. The molecule has 3 aromatic rings. The van der Waals surface area contributed by atoms with Crippen molar-refractivity contribution in [3.63, 3.8) is 0 Å². The number of halogens is 1. The van der Waals surface area contributed by atoms with E-state index in [1.165, 1.54) is 0 Å². The summed E-state index contributed by atoms with van der Waals surface area (Å²) in [6, 6.07) is 14.3. The first kappa shape index (κ1) is 19.3. The Labute approximate surface area is 173 Å². The van der Waals surface area contributed by atoms with Gasteiger partial charge in [-0.1, -0.05) is 23.7 Å². The molecule has 0 saturated carbocycles. The quantitative estimate of drug-likeness (QED) is 0.653. The Bertz CT molecular complexity index is 1010. The second kappa shape index (κ2) is 8.55. The van der Waals surface area contributed by atoms with Crippen molar-refractivity contribution in [2.75, 3.05) is 43.6 Å². The molecule has 1 fully saturated rings. The minimum Gasteiger partial charge on any atom is -0.508 e. The van der Waals surface area contributed by atoms with Crippen molar-refractivity contribution < 1.29 is 14.6 Å². The molecular weight excluding hydrogens is 392 g/mol. The minimum atomic E-state index is 0.186. The molecule has 2 aromatic carbocycles. The summed E-state index contributed by atoms with van der Waals surface area (Å²) in [6.07, 6.45) is 0. The third-order valence-corrected chi connectivity index (χ3v) is 4.87. The van der Waals surface area contributed by atoms with Gasteiger partial charge in [0, 0.05) is 30.4 Å². The molecule has 0 unspecified atom stereocenters. The molecule has 0 radical (unpaired) electrons. The molecular formula is C21H21ClN4O3. The highest BCUT2D eigenvalue weighted by Crippen LogP contribution is 2.30. The molecule has 29 heavy (non-hydrogen) atoms. The van der Waals surface area contributed by atoms with Crippen LogP contribution in [0.5, 0.6) is 11.5 Å². The van der Waals surface area contributed by atoms with Gasteiger partial charge >= 0.3 is 0 Å². The van der Waals surface area contributed by atoms with E-state index in [1.54, 1.807) is 37.4 Å². The lowest BCUT2D eigenvalue weighted by Crippen LogP contribution is -2.37. The number of phenols is 1. The van der Waals surface area contributed by atoms with Crippen molar-refractivity contribution in [2.45, 2.75) is 0 Å². The van der Waals surface area contributed by atoms with E-state index in [0.29, 0.717) is 41.4 Å². The highest BCUT2D eigenvalue weighted by molar-refractivity contribution is 6.32. The molecule has 1 aromatic heterocycles. The predicted molar refractivity (Wildman–Crippen MR) is 113 cm³/mol. The molecule has 1 aliphatic rings. The van der Waals surface area contributed by atoms with Crippen molar-refractivity contribution in [3.8, 4) is 22.8 Å². The normalized spacial score (nSPS) is 13.9. The van der Waals surface area contributed by atoms with Crippen LogP contribution in [0.4, 0.5) is 17.5 Å². The number of benzene rings is 2. The smallest absolute Gasteiger partial charge is 0.228 e. The van der Waals surface area contributed by atoms with E-state index in [1.807, 2.05) is 18.2 Å². The standard InChI is InChI=1S/C21H21ClN4O3/c1-28-19-6-5-15(12-17(19)22)23-20-13-18(14-3-2-4-16(27)11-14)24-21(25-20)26-7-9-29-10-8-26/h2-6,11-13,27H,7-10H2,1H3,(H,23,24,25). The molecule has 1 aliphatic heterocycles. The number of nitrogens with one attached hydrogen (secondary N) is 1. The van der Waals surface area contributed by atoms with Gasteiger partial charge in [-0.15, -0.1) is 0 Å². The lowest BCUT2D eigenvalue weighted by Gasteiger charge is -2.27. The van der Waals surface area contributed by atoms with E-state index in [2.05, 4.69) is 15.2 Å². The largest absolute Gasteiger partial charge is 0.508 e. The number of aromatic nitrogens is 2. The molecule has 0 amide bonds. The monoisotopic (exact) mass is 412 g/mol. The maximum Gasteiger partial charge on any atom is 0.228 e. The first-order valence-corrected chi connectivity index (χ1v) is 9.62. The second-order valence-corrected chi connectivity index (χ2v) is 6.97. The molecule has 2 N–H and O–H groups in total. The van der Waals surface area contributed by atoms with Crippen LogP contribution in [-0.4, -0.2) is 48.5 Å². The van der Waals surface area contributed by atoms with E-state index in [-0.39, 0.29) is 5.75 Å². The minimum absolute atomic E-state index is 0.186. The number of aromatic hydroxyl groups is 1. The Kier molecular flexibility index (Phi) is 5.69. The van der Waals surface area contributed by atoms with Crippen LogP contribution >= 0.6 is 11.6 Å². The molecule has 0 atom stereocenters. The molecule has 1 saturated heterocycles. The number of hydrogen-bond acceptors (Lipinski definition) is 7. The number of methoxy groups -OCH3 is 1. The molecule has 0 spiro atoms. The Hall–Kier alpha value is -3.03. The Morgan fingerprint density at radius 1 is 1.10 bits per heavy atom. The first-order valence-electron chi connectivity index (χ1n) is 9.24. The summed E-state index contributed by atoms with van der Waals surface area (Å²) in [4.78, 5) is 11.5. The topological polar surface area (TPSA) is 79.7 Å². The van der Waals surface area contributed by atoms with Crippen LogP contribution in [0, 0.1) is 0 Å². The van der Waals surface area contributed by atoms with Crippen LogP contribution in [0.3, 0.4) is 0 Å². The number of nitrogens with zero attached hydrogens (tertiary/aromatic N) is 3. The zero-order valence-electron chi connectivity index (χ0n) is 15.9. The summed E-state index contributed by atoms with van der Waals surface area (Å²) in [5.41, 5.74) is 2.29. The molecule has 4 rings (SSSR count). The van der Waals surface area contributed by atoms with Crippen LogP contribution in [0.25, 0.3) is 11.3 Å². The van der Waals surface area contributed by atoms with Crippen molar-refractivity contribution >= 4 is 29.1 Å². The van der Waals surface area contributed by atoms with Gasteiger partial charge in [0.15, 0.2) is 0 Å². The predicted octanol–water partition coefficient (Wildman–Crippen LogP) is 4.09. The fourth-order valence-electron chi connectivity index (χ4n) is 3.11.